The molecule has 76 valence electrons. The van der Waals surface area contributed by atoms with Crippen LogP contribution in [0.3, 0.4) is 0 Å². The molecule has 1 aromatic carbocycles. The van der Waals surface area contributed by atoms with E-state index in [1.165, 1.54) is 0 Å². The van der Waals surface area contributed by atoms with Crippen LogP contribution in [-0.2, 0) is 5.41 Å². The maximum atomic E-state index is 10.6. The number of carboxylic acids is 1. The second kappa shape index (κ2) is 3.80. The van der Waals surface area contributed by atoms with Gasteiger partial charge < -0.3 is 10.2 Å². The van der Waals surface area contributed by atoms with E-state index in [0.29, 0.717) is 0 Å². The summed E-state index contributed by atoms with van der Waals surface area (Å²) < 4.78 is 0. The van der Waals surface area contributed by atoms with Crippen LogP contribution in [0.15, 0.2) is 24.3 Å². The molecular weight excluding hydrogens is 180 g/mol. The standard InChI is InChI=1S/C11H14O3/c1-11(2,7-12)9-5-3-8(4-6-9)10(13)14/h3-6,12H,7H2,1-2H3,(H,13,14). The monoisotopic (exact) mass is 194 g/mol. The molecule has 0 bridgehead atoms. The van der Waals surface area contributed by atoms with Crippen LogP contribution in [0.4, 0.5) is 0 Å². The van der Waals surface area contributed by atoms with Crippen molar-refractivity contribution in [3.63, 3.8) is 0 Å². The zero-order valence-electron chi connectivity index (χ0n) is 8.32. The van der Waals surface area contributed by atoms with Crippen molar-refractivity contribution in [1.82, 2.24) is 0 Å². The van der Waals surface area contributed by atoms with Crippen LogP contribution < -0.4 is 0 Å². The molecular formula is C11H14O3. The summed E-state index contributed by atoms with van der Waals surface area (Å²) in [6, 6.07) is 6.57. The van der Waals surface area contributed by atoms with Gasteiger partial charge in [0.1, 0.15) is 0 Å². The van der Waals surface area contributed by atoms with Gasteiger partial charge in [0.05, 0.1) is 12.2 Å². The Kier molecular flexibility index (Phi) is 2.91. The molecule has 3 nitrogen and oxygen atoms in total. The summed E-state index contributed by atoms with van der Waals surface area (Å²) in [6.45, 7) is 3.85. The molecule has 2 N–H and O–H groups in total. The second-order valence-corrected chi connectivity index (χ2v) is 3.92. The zero-order chi connectivity index (χ0) is 10.8. The lowest BCUT2D eigenvalue weighted by atomic mass is 9.85. The molecule has 0 amide bonds. The summed E-state index contributed by atoms with van der Waals surface area (Å²) in [5.41, 5.74) is 0.879. The predicted molar refractivity (Wildman–Crippen MR) is 53.5 cm³/mol. The van der Waals surface area contributed by atoms with E-state index < -0.39 is 5.97 Å². The lowest BCUT2D eigenvalue weighted by Crippen LogP contribution is -2.21. The molecule has 0 spiro atoms. The highest BCUT2D eigenvalue weighted by atomic mass is 16.4. The van der Waals surface area contributed by atoms with Crippen molar-refractivity contribution in [1.29, 1.82) is 0 Å². The van der Waals surface area contributed by atoms with Gasteiger partial charge >= 0.3 is 5.97 Å². The molecule has 0 aliphatic heterocycles. The van der Waals surface area contributed by atoms with Crippen molar-refractivity contribution in [3.05, 3.63) is 35.4 Å². The van der Waals surface area contributed by atoms with E-state index in [1.54, 1.807) is 24.3 Å². The zero-order valence-corrected chi connectivity index (χ0v) is 8.32. The van der Waals surface area contributed by atoms with Gasteiger partial charge in [-0.25, -0.2) is 4.79 Å². The Labute approximate surface area is 83.0 Å². The Hall–Kier alpha value is -1.35. The number of hydrogen-bond acceptors (Lipinski definition) is 2. The van der Waals surface area contributed by atoms with Crippen molar-refractivity contribution in [2.75, 3.05) is 6.61 Å². The molecule has 14 heavy (non-hydrogen) atoms. The summed E-state index contributed by atoms with van der Waals surface area (Å²) >= 11 is 0. The molecule has 0 saturated heterocycles. The summed E-state index contributed by atoms with van der Waals surface area (Å²) in [4.78, 5) is 10.6. The molecule has 0 radical (unpaired) electrons. The van der Waals surface area contributed by atoms with Gasteiger partial charge in [0.25, 0.3) is 0 Å². The topological polar surface area (TPSA) is 57.5 Å². The molecule has 1 aromatic rings. The van der Waals surface area contributed by atoms with Gasteiger partial charge in [-0.05, 0) is 17.7 Å². The largest absolute Gasteiger partial charge is 0.478 e. The number of aromatic carboxylic acids is 1. The number of aliphatic hydroxyl groups excluding tert-OH is 1. The van der Waals surface area contributed by atoms with Crippen LogP contribution >= 0.6 is 0 Å². The molecule has 0 aliphatic carbocycles. The normalized spacial score (nSPS) is 11.4. The fourth-order valence-electron chi connectivity index (χ4n) is 1.16. The van der Waals surface area contributed by atoms with Gasteiger partial charge in [0, 0.05) is 5.41 Å². The Balaban J connectivity index is 2.99. The van der Waals surface area contributed by atoms with Crippen LogP contribution in [0.2, 0.25) is 0 Å². The first-order chi connectivity index (χ1) is 6.47. The van der Waals surface area contributed by atoms with E-state index >= 15 is 0 Å². The van der Waals surface area contributed by atoms with Gasteiger partial charge in [-0.3, -0.25) is 0 Å². The van der Waals surface area contributed by atoms with E-state index in [0.717, 1.165) is 5.56 Å². The number of carbonyl (C=O) groups is 1. The second-order valence-electron chi connectivity index (χ2n) is 3.92. The smallest absolute Gasteiger partial charge is 0.335 e. The minimum Gasteiger partial charge on any atom is -0.478 e. The quantitative estimate of drug-likeness (QED) is 0.769. The third-order valence-corrected chi connectivity index (χ3v) is 2.31. The molecule has 0 fully saturated rings. The molecule has 3 heteroatoms. The van der Waals surface area contributed by atoms with E-state index in [4.69, 9.17) is 10.2 Å². The minimum absolute atomic E-state index is 0.0411. The molecule has 1 rings (SSSR count). The average Bonchev–Trinajstić information content (AvgIpc) is 2.18. The maximum Gasteiger partial charge on any atom is 0.335 e. The lowest BCUT2D eigenvalue weighted by molar-refractivity contribution is 0.0697. The van der Waals surface area contributed by atoms with Crippen LogP contribution in [0.1, 0.15) is 29.8 Å². The average molecular weight is 194 g/mol. The Morgan fingerprint density at radius 3 is 2.14 bits per heavy atom. The van der Waals surface area contributed by atoms with E-state index in [9.17, 15) is 4.79 Å². The number of aliphatic hydroxyl groups is 1. The Bertz CT molecular complexity index is 325. The molecule has 0 aromatic heterocycles. The van der Waals surface area contributed by atoms with Crippen molar-refractivity contribution in [3.8, 4) is 0 Å². The highest BCUT2D eigenvalue weighted by molar-refractivity contribution is 5.87. The number of hydrogen-bond donors (Lipinski definition) is 2. The molecule has 0 atom stereocenters. The first kappa shape index (κ1) is 10.7. The van der Waals surface area contributed by atoms with Crippen molar-refractivity contribution >= 4 is 5.97 Å². The van der Waals surface area contributed by atoms with E-state index in [-0.39, 0.29) is 17.6 Å². The number of carboxylic acid groups (broad SMARTS) is 1. The van der Waals surface area contributed by atoms with Crippen LogP contribution in [-0.4, -0.2) is 22.8 Å². The predicted octanol–water partition coefficient (Wildman–Crippen LogP) is 1.65. The van der Waals surface area contributed by atoms with Gasteiger partial charge in [0.2, 0.25) is 0 Å². The first-order valence-corrected chi connectivity index (χ1v) is 4.42. The van der Waals surface area contributed by atoms with Crippen molar-refractivity contribution in [2.45, 2.75) is 19.3 Å². The first-order valence-electron chi connectivity index (χ1n) is 4.42. The number of rotatable bonds is 3. The lowest BCUT2D eigenvalue weighted by Gasteiger charge is -2.22. The molecule has 0 unspecified atom stereocenters. The van der Waals surface area contributed by atoms with Gasteiger partial charge in [-0.2, -0.15) is 0 Å². The summed E-state index contributed by atoms with van der Waals surface area (Å²) in [5, 5.41) is 17.8. The molecule has 0 saturated carbocycles. The van der Waals surface area contributed by atoms with Crippen molar-refractivity contribution in [2.24, 2.45) is 0 Å². The SMILES string of the molecule is CC(C)(CO)c1ccc(C(=O)O)cc1. The Morgan fingerprint density at radius 2 is 1.79 bits per heavy atom. The van der Waals surface area contributed by atoms with Gasteiger partial charge in [-0.15, -0.1) is 0 Å². The summed E-state index contributed by atoms with van der Waals surface area (Å²) in [6.07, 6.45) is 0. The third-order valence-electron chi connectivity index (χ3n) is 2.31. The van der Waals surface area contributed by atoms with E-state index in [2.05, 4.69) is 0 Å². The highest BCUT2D eigenvalue weighted by Crippen LogP contribution is 2.22. The van der Waals surface area contributed by atoms with Gasteiger partial charge in [-0.1, -0.05) is 26.0 Å². The van der Waals surface area contributed by atoms with Crippen LogP contribution in [0, 0.1) is 0 Å². The highest BCUT2D eigenvalue weighted by Gasteiger charge is 2.19. The third kappa shape index (κ3) is 2.12. The van der Waals surface area contributed by atoms with Crippen LogP contribution in [0.5, 0.6) is 0 Å². The summed E-state index contributed by atoms with van der Waals surface area (Å²) in [7, 11) is 0. The van der Waals surface area contributed by atoms with Crippen LogP contribution in [0.25, 0.3) is 0 Å². The maximum absolute atomic E-state index is 10.6. The molecule has 0 heterocycles. The molecule has 0 aliphatic rings. The Morgan fingerprint density at radius 1 is 1.29 bits per heavy atom. The van der Waals surface area contributed by atoms with Crippen molar-refractivity contribution < 1.29 is 15.0 Å². The fourth-order valence-corrected chi connectivity index (χ4v) is 1.16. The summed E-state index contributed by atoms with van der Waals surface area (Å²) in [5.74, 6) is -0.932. The fraction of sp³-hybridized carbons (Fsp3) is 0.364. The number of benzene rings is 1. The van der Waals surface area contributed by atoms with E-state index in [1.807, 2.05) is 13.8 Å². The minimum atomic E-state index is -0.932. The van der Waals surface area contributed by atoms with Gasteiger partial charge in [0.15, 0.2) is 0 Å².